The summed E-state index contributed by atoms with van der Waals surface area (Å²) in [6.07, 6.45) is 1.60. The van der Waals surface area contributed by atoms with Gasteiger partial charge in [-0.15, -0.1) is 0 Å². The number of epoxide rings is 1. The van der Waals surface area contributed by atoms with Gasteiger partial charge in [0.2, 0.25) is 0 Å². The smallest absolute Gasteiger partial charge is 0.454 e. The Morgan fingerprint density at radius 3 is 1.58 bits per heavy atom. The van der Waals surface area contributed by atoms with Crippen LogP contribution in [0.2, 0.25) is 0 Å². The van der Waals surface area contributed by atoms with Crippen LogP contribution in [0.3, 0.4) is 0 Å². The summed E-state index contributed by atoms with van der Waals surface area (Å²) in [5, 5.41) is 0. The van der Waals surface area contributed by atoms with Crippen molar-refractivity contribution in [3.63, 3.8) is 0 Å². The van der Waals surface area contributed by atoms with Gasteiger partial charge in [-0.25, -0.2) is 4.79 Å². The van der Waals surface area contributed by atoms with Gasteiger partial charge < -0.3 is 40.8 Å². The van der Waals surface area contributed by atoms with Gasteiger partial charge in [0.1, 0.15) is 11.8 Å². The highest BCUT2D eigenvalue weighted by Gasteiger charge is 2.50. The molecule has 3 atom stereocenters. The standard InChI is InChI=1S/C10H20O5Si.C9H20O5Si/c1-7-9(15-10(11)8(2)3)16(12-4,13-5)14-6;1-5-9(14-7-8-6-13-8)15(10-2,11-3)12-4/h9H,2,7H2,1,3-6H3;8-9H,5-7H2,1-4H3. The molecule has 0 saturated carbocycles. The zero-order valence-corrected chi connectivity index (χ0v) is 22.4. The van der Waals surface area contributed by atoms with E-state index in [0.29, 0.717) is 18.6 Å². The lowest BCUT2D eigenvalue weighted by Gasteiger charge is -2.31. The third kappa shape index (κ3) is 9.00. The van der Waals surface area contributed by atoms with Gasteiger partial charge in [-0.3, -0.25) is 0 Å². The number of esters is 1. The molecule has 1 fully saturated rings. The first-order valence-electron chi connectivity index (χ1n) is 10.1. The van der Waals surface area contributed by atoms with Crippen molar-refractivity contribution in [2.75, 3.05) is 55.9 Å². The molecule has 3 unspecified atom stereocenters. The molecule has 0 amide bonds. The number of carbonyl (C=O) groups excluding carboxylic acids is 1. The maximum atomic E-state index is 11.4. The zero-order chi connectivity index (χ0) is 24.1. The molecular formula is C19H40O10Si2. The summed E-state index contributed by atoms with van der Waals surface area (Å²) in [6, 6.07) is 0. The molecule has 0 spiro atoms. The minimum absolute atomic E-state index is 0.123. The summed E-state index contributed by atoms with van der Waals surface area (Å²) in [6.45, 7) is 10.4. The highest BCUT2D eigenvalue weighted by Crippen LogP contribution is 2.21. The van der Waals surface area contributed by atoms with Crippen LogP contribution in [0.15, 0.2) is 12.2 Å². The molecule has 31 heavy (non-hydrogen) atoms. The summed E-state index contributed by atoms with van der Waals surface area (Å²) in [4.78, 5) is 11.4. The van der Waals surface area contributed by atoms with E-state index in [-0.39, 0.29) is 11.8 Å². The fourth-order valence-corrected chi connectivity index (χ4v) is 6.91. The fraction of sp³-hybridized carbons (Fsp3) is 0.842. The maximum absolute atomic E-state index is 11.4. The second-order valence-corrected chi connectivity index (χ2v) is 12.9. The molecule has 0 N–H and O–H groups in total. The minimum atomic E-state index is -2.94. The SMILES string of the molecule is C=C(C)C(=O)OC(CC)[Si](OC)(OC)OC.CCC(OCC1CO1)[Si](OC)(OC)OC. The molecule has 1 heterocycles. The van der Waals surface area contributed by atoms with E-state index in [9.17, 15) is 4.79 Å². The second-order valence-electron chi connectivity index (χ2n) is 6.70. The van der Waals surface area contributed by atoms with Gasteiger partial charge in [0, 0.05) is 48.2 Å². The van der Waals surface area contributed by atoms with Crippen molar-refractivity contribution in [2.24, 2.45) is 0 Å². The van der Waals surface area contributed by atoms with Crippen LogP contribution in [-0.4, -0.2) is 97.0 Å². The predicted molar refractivity (Wildman–Crippen MR) is 118 cm³/mol. The molecular weight excluding hydrogens is 444 g/mol. The van der Waals surface area contributed by atoms with Crippen molar-refractivity contribution in [2.45, 2.75) is 51.2 Å². The van der Waals surface area contributed by atoms with Gasteiger partial charge in [0.25, 0.3) is 0 Å². The van der Waals surface area contributed by atoms with Gasteiger partial charge in [0.05, 0.1) is 13.2 Å². The topological polar surface area (TPSA) is 103 Å². The van der Waals surface area contributed by atoms with Crippen molar-refractivity contribution >= 4 is 23.6 Å². The molecule has 0 radical (unpaired) electrons. The molecule has 184 valence electrons. The minimum Gasteiger partial charge on any atom is -0.454 e. The average Bonchev–Trinajstić information content (AvgIpc) is 3.62. The van der Waals surface area contributed by atoms with Gasteiger partial charge >= 0.3 is 23.6 Å². The van der Waals surface area contributed by atoms with Crippen LogP contribution in [0.4, 0.5) is 0 Å². The molecule has 0 aromatic heterocycles. The van der Waals surface area contributed by atoms with E-state index < -0.39 is 29.3 Å². The molecule has 0 aromatic rings. The van der Waals surface area contributed by atoms with Gasteiger partial charge in [-0.1, -0.05) is 20.4 Å². The van der Waals surface area contributed by atoms with Crippen molar-refractivity contribution in [1.82, 2.24) is 0 Å². The molecule has 1 aliphatic rings. The monoisotopic (exact) mass is 484 g/mol. The van der Waals surface area contributed by atoms with Crippen molar-refractivity contribution in [3.05, 3.63) is 12.2 Å². The van der Waals surface area contributed by atoms with E-state index in [1.807, 2.05) is 13.8 Å². The Morgan fingerprint density at radius 2 is 1.29 bits per heavy atom. The molecule has 0 aliphatic carbocycles. The van der Waals surface area contributed by atoms with E-state index >= 15 is 0 Å². The maximum Gasteiger partial charge on any atom is 0.543 e. The Morgan fingerprint density at radius 1 is 0.903 bits per heavy atom. The highest BCUT2D eigenvalue weighted by molar-refractivity contribution is 6.62. The van der Waals surface area contributed by atoms with Gasteiger partial charge in [-0.2, -0.15) is 0 Å². The second kappa shape index (κ2) is 15.2. The largest absolute Gasteiger partial charge is 0.543 e. The summed E-state index contributed by atoms with van der Waals surface area (Å²) >= 11 is 0. The lowest BCUT2D eigenvalue weighted by Crippen LogP contribution is -2.56. The van der Waals surface area contributed by atoms with Crippen LogP contribution in [0.5, 0.6) is 0 Å². The van der Waals surface area contributed by atoms with Crippen LogP contribution in [0.25, 0.3) is 0 Å². The third-order valence-electron chi connectivity index (χ3n) is 4.72. The normalized spacial score (nSPS) is 17.9. The molecule has 1 aliphatic heterocycles. The Balaban J connectivity index is 0.000000581. The summed E-state index contributed by atoms with van der Waals surface area (Å²) in [7, 11) is 3.63. The van der Waals surface area contributed by atoms with Gasteiger partial charge in [0.15, 0.2) is 5.73 Å². The summed E-state index contributed by atoms with van der Waals surface area (Å²) < 4.78 is 47.9. The Hall–Kier alpha value is -0.676. The van der Waals surface area contributed by atoms with Crippen LogP contribution in [0.1, 0.15) is 33.6 Å². The van der Waals surface area contributed by atoms with Crippen LogP contribution >= 0.6 is 0 Å². The Bertz CT molecular complexity index is 505. The molecule has 12 heteroatoms. The number of hydrogen-bond acceptors (Lipinski definition) is 10. The van der Waals surface area contributed by atoms with Crippen molar-refractivity contribution < 1.29 is 45.6 Å². The molecule has 1 rings (SSSR count). The van der Waals surface area contributed by atoms with Crippen LogP contribution in [-0.2, 0) is 45.6 Å². The van der Waals surface area contributed by atoms with E-state index in [1.54, 1.807) is 28.3 Å². The number of rotatable bonds is 15. The lowest BCUT2D eigenvalue weighted by molar-refractivity contribution is -0.143. The predicted octanol–water partition coefficient (Wildman–Crippen LogP) is 1.90. The molecule has 0 aromatic carbocycles. The number of carbonyl (C=O) groups is 1. The zero-order valence-electron chi connectivity index (χ0n) is 20.4. The first-order valence-corrected chi connectivity index (χ1v) is 13.7. The number of ether oxygens (including phenoxy) is 3. The van der Waals surface area contributed by atoms with Crippen LogP contribution < -0.4 is 0 Å². The Labute approximate surface area is 188 Å². The van der Waals surface area contributed by atoms with E-state index in [2.05, 4.69) is 6.58 Å². The van der Waals surface area contributed by atoms with Gasteiger partial charge in [-0.05, 0) is 19.8 Å². The lowest BCUT2D eigenvalue weighted by atomic mass is 10.4. The average molecular weight is 485 g/mol. The molecule has 0 bridgehead atoms. The van der Waals surface area contributed by atoms with E-state index in [4.69, 9.17) is 40.8 Å². The van der Waals surface area contributed by atoms with Crippen molar-refractivity contribution in [3.8, 4) is 0 Å². The quantitative estimate of drug-likeness (QED) is 0.148. The van der Waals surface area contributed by atoms with E-state index in [0.717, 1.165) is 13.0 Å². The van der Waals surface area contributed by atoms with E-state index in [1.165, 1.54) is 21.3 Å². The van der Waals surface area contributed by atoms with Crippen LogP contribution in [0, 0.1) is 0 Å². The highest BCUT2D eigenvalue weighted by atomic mass is 28.4. The first-order chi connectivity index (χ1) is 14.7. The Kier molecular flexibility index (Phi) is 14.9. The first kappa shape index (κ1) is 30.3. The third-order valence-corrected chi connectivity index (χ3v) is 10.8. The molecule has 10 nitrogen and oxygen atoms in total. The fourth-order valence-electron chi connectivity index (χ4n) is 2.78. The summed E-state index contributed by atoms with van der Waals surface area (Å²) in [5.74, 6) is -0.463. The summed E-state index contributed by atoms with van der Waals surface area (Å²) in [5.41, 5.74) is -0.303. The number of hydrogen-bond donors (Lipinski definition) is 0. The van der Waals surface area contributed by atoms with Crippen molar-refractivity contribution in [1.29, 1.82) is 0 Å². The molecule has 1 saturated heterocycles.